The Morgan fingerprint density at radius 2 is 1.91 bits per heavy atom. The standard InChI is InChI=1S/C26H29FN2O4/c1-5-15-33-20-11-12-21(17(2)16-20)24(30)22-23(18-7-9-19(27)10-8-18)29(26(32)25(22)31)14-6-13-28(3)4/h5,7-12,16,23,30H,1,6,13-15H2,2-4H3/t23-/m1/s1. The molecule has 0 unspecified atom stereocenters. The van der Waals surface area contributed by atoms with E-state index >= 15 is 0 Å². The number of benzene rings is 2. The average molecular weight is 453 g/mol. The number of hydrogen-bond donors (Lipinski definition) is 1. The molecule has 1 N–H and O–H groups in total. The Balaban J connectivity index is 2.07. The minimum Gasteiger partial charge on any atom is -0.507 e. The zero-order valence-electron chi connectivity index (χ0n) is 19.2. The van der Waals surface area contributed by atoms with E-state index in [0.29, 0.717) is 42.0 Å². The van der Waals surface area contributed by atoms with Crippen LogP contribution in [0, 0.1) is 12.7 Å². The molecule has 0 aromatic heterocycles. The van der Waals surface area contributed by atoms with Crippen LogP contribution in [0.15, 0.2) is 60.7 Å². The van der Waals surface area contributed by atoms with Gasteiger partial charge in [0.05, 0.1) is 11.6 Å². The zero-order valence-corrected chi connectivity index (χ0v) is 19.2. The minimum atomic E-state index is -0.802. The molecule has 0 spiro atoms. The number of carbonyl (C=O) groups is 2. The van der Waals surface area contributed by atoms with E-state index in [1.807, 2.05) is 19.0 Å². The van der Waals surface area contributed by atoms with Gasteiger partial charge in [-0.05, 0) is 75.4 Å². The summed E-state index contributed by atoms with van der Waals surface area (Å²) in [7, 11) is 3.85. The number of ketones is 1. The number of aliphatic hydroxyl groups excluding tert-OH is 1. The van der Waals surface area contributed by atoms with Crippen molar-refractivity contribution in [3.63, 3.8) is 0 Å². The monoisotopic (exact) mass is 452 g/mol. The number of halogens is 1. The van der Waals surface area contributed by atoms with Crippen molar-refractivity contribution < 1.29 is 23.8 Å². The first kappa shape index (κ1) is 24.2. The molecule has 0 bridgehead atoms. The molecule has 33 heavy (non-hydrogen) atoms. The van der Waals surface area contributed by atoms with Gasteiger partial charge in [0.25, 0.3) is 11.7 Å². The van der Waals surface area contributed by atoms with Crippen LogP contribution in [0.1, 0.15) is 29.2 Å². The summed E-state index contributed by atoms with van der Waals surface area (Å²) in [4.78, 5) is 29.5. The van der Waals surface area contributed by atoms with Crippen molar-refractivity contribution in [1.29, 1.82) is 0 Å². The summed E-state index contributed by atoms with van der Waals surface area (Å²) in [6.07, 6.45) is 2.27. The van der Waals surface area contributed by atoms with E-state index in [-0.39, 0.29) is 11.3 Å². The van der Waals surface area contributed by atoms with Gasteiger partial charge in [-0.2, -0.15) is 0 Å². The van der Waals surface area contributed by atoms with Crippen LogP contribution in [0.2, 0.25) is 0 Å². The van der Waals surface area contributed by atoms with Crippen LogP contribution in [0.25, 0.3) is 5.76 Å². The van der Waals surface area contributed by atoms with E-state index in [4.69, 9.17) is 4.74 Å². The Bertz CT molecular complexity index is 1080. The predicted octanol–water partition coefficient (Wildman–Crippen LogP) is 4.07. The van der Waals surface area contributed by atoms with E-state index < -0.39 is 23.5 Å². The lowest BCUT2D eigenvalue weighted by Crippen LogP contribution is -2.32. The Morgan fingerprint density at radius 1 is 1.21 bits per heavy atom. The molecular formula is C26H29FN2O4. The van der Waals surface area contributed by atoms with Crippen LogP contribution < -0.4 is 4.74 Å². The number of likely N-dealkylation sites (tertiary alicyclic amines) is 1. The third kappa shape index (κ3) is 5.31. The molecule has 174 valence electrons. The highest BCUT2D eigenvalue weighted by atomic mass is 19.1. The molecule has 7 heteroatoms. The highest BCUT2D eigenvalue weighted by Gasteiger charge is 2.45. The summed E-state index contributed by atoms with van der Waals surface area (Å²) in [6.45, 7) is 6.80. The van der Waals surface area contributed by atoms with Gasteiger partial charge in [0, 0.05) is 12.1 Å². The second-order valence-corrected chi connectivity index (χ2v) is 8.28. The second kappa shape index (κ2) is 10.4. The number of aliphatic hydroxyl groups is 1. The first-order valence-corrected chi connectivity index (χ1v) is 10.8. The Morgan fingerprint density at radius 3 is 2.52 bits per heavy atom. The lowest BCUT2D eigenvalue weighted by atomic mass is 9.94. The Kier molecular flexibility index (Phi) is 7.66. The highest BCUT2D eigenvalue weighted by molar-refractivity contribution is 6.46. The number of ether oxygens (including phenoxy) is 1. The summed E-state index contributed by atoms with van der Waals surface area (Å²) < 4.78 is 19.1. The number of amides is 1. The second-order valence-electron chi connectivity index (χ2n) is 8.28. The molecule has 0 aliphatic carbocycles. The highest BCUT2D eigenvalue weighted by Crippen LogP contribution is 2.40. The third-order valence-corrected chi connectivity index (χ3v) is 5.55. The molecule has 6 nitrogen and oxygen atoms in total. The van der Waals surface area contributed by atoms with Crippen molar-refractivity contribution in [2.24, 2.45) is 0 Å². The minimum absolute atomic E-state index is 0.000629. The third-order valence-electron chi connectivity index (χ3n) is 5.55. The van der Waals surface area contributed by atoms with E-state index in [1.165, 1.54) is 29.2 Å². The van der Waals surface area contributed by atoms with Crippen molar-refractivity contribution in [2.45, 2.75) is 19.4 Å². The van der Waals surface area contributed by atoms with Crippen molar-refractivity contribution in [3.05, 3.63) is 83.2 Å². The SMILES string of the molecule is C=CCOc1ccc(C(O)=C2C(=O)C(=O)N(CCCN(C)C)[C@@H]2c2ccc(F)cc2)c(C)c1. The largest absolute Gasteiger partial charge is 0.507 e. The maximum atomic E-state index is 13.6. The molecule has 1 fully saturated rings. The number of hydrogen-bond acceptors (Lipinski definition) is 5. The quantitative estimate of drug-likeness (QED) is 0.269. The zero-order chi connectivity index (χ0) is 24.1. The van der Waals surface area contributed by atoms with Gasteiger partial charge in [0.2, 0.25) is 0 Å². The summed E-state index contributed by atoms with van der Waals surface area (Å²) in [6, 6.07) is 9.94. The van der Waals surface area contributed by atoms with Crippen molar-refractivity contribution in [2.75, 3.05) is 33.8 Å². The fourth-order valence-electron chi connectivity index (χ4n) is 3.95. The molecule has 1 aliphatic heterocycles. The molecule has 0 radical (unpaired) electrons. The lowest BCUT2D eigenvalue weighted by Gasteiger charge is -2.26. The molecule has 1 saturated heterocycles. The van der Waals surface area contributed by atoms with Gasteiger partial charge in [-0.3, -0.25) is 9.59 Å². The number of nitrogens with zero attached hydrogens (tertiary/aromatic N) is 2. The number of Topliss-reactive ketones (excluding diaryl/α,β-unsaturated/α-hetero) is 1. The fraction of sp³-hybridized carbons (Fsp3) is 0.308. The number of aryl methyl sites for hydroxylation is 1. The van der Waals surface area contributed by atoms with Gasteiger partial charge in [0.1, 0.15) is 23.9 Å². The van der Waals surface area contributed by atoms with E-state index in [9.17, 15) is 19.1 Å². The summed E-state index contributed by atoms with van der Waals surface area (Å²) in [5, 5.41) is 11.2. The average Bonchev–Trinajstić information content (AvgIpc) is 3.02. The van der Waals surface area contributed by atoms with Crippen LogP contribution in [-0.2, 0) is 9.59 Å². The van der Waals surface area contributed by atoms with E-state index in [0.717, 1.165) is 6.54 Å². The fourth-order valence-corrected chi connectivity index (χ4v) is 3.95. The molecule has 2 aromatic carbocycles. The molecule has 1 amide bonds. The first-order chi connectivity index (χ1) is 15.7. The number of carbonyl (C=O) groups excluding carboxylic acids is 2. The Hall–Kier alpha value is -3.45. The van der Waals surface area contributed by atoms with Crippen molar-refractivity contribution in [1.82, 2.24) is 9.80 Å². The van der Waals surface area contributed by atoms with Crippen LogP contribution in [0.3, 0.4) is 0 Å². The smallest absolute Gasteiger partial charge is 0.295 e. The molecule has 1 atom stereocenters. The van der Waals surface area contributed by atoms with E-state index in [1.54, 1.807) is 31.2 Å². The van der Waals surface area contributed by atoms with Gasteiger partial charge < -0.3 is 19.6 Å². The molecule has 1 heterocycles. The topological polar surface area (TPSA) is 70.1 Å². The molecule has 0 saturated carbocycles. The predicted molar refractivity (Wildman–Crippen MR) is 125 cm³/mol. The van der Waals surface area contributed by atoms with Crippen LogP contribution in [0.4, 0.5) is 4.39 Å². The summed E-state index contributed by atoms with van der Waals surface area (Å²) in [5.74, 6) is -1.51. The van der Waals surface area contributed by atoms with Gasteiger partial charge in [0.15, 0.2) is 0 Å². The van der Waals surface area contributed by atoms with Gasteiger partial charge in [-0.25, -0.2) is 4.39 Å². The number of rotatable bonds is 9. The molecule has 3 rings (SSSR count). The van der Waals surface area contributed by atoms with Gasteiger partial charge >= 0.3 is 0 Å². The maximum Gasteiger partial charge on any atom is 0.295 e. The van der Waals surface area contributed by atoms with Crippen molar-refractivity contribution in [3.8, 4) is 5.75 Å². The lowest BCUT2D eigenvalue weighted by molar-refractivity contribution is -0.139. The van der Waals surface area contributed by atoms with Crippen molar-refractivity contribution >= 4 is 17.4 Å². The first-order valence-electron chi connectivity index (χ1n) is 10.8. The molecular weight excluding hydrogens is 423 g/mol. The van der Waals surface area contributed by atoms with Gasteiger partial charge in [-0.1, -0.05) is 24.8 Å². The maximum absolute atomic E-state index is 13.6. The normalized spacial score (nSPS) is 17.6. The molecule has 1 aliphatic rings. The van der Waals surface area contributed by atoms with Crippen LogP contribution in [-0.4, -0.2) is 60.4 Å². The Labute approximate surface area is 193 Å². The molecule has 2 aromatic rings. The summed E-state index contributed by atoms with van der Waals surface area (Å²) in [5.41, 5.74) is 1.68. The van der Waals surface area contributed by atoms with Gasteiger partial charge in [-0.15, -0.1) is 0 Å². The van der Waals surface area contributed by atoms with E-state index in [2.05, 4.69) is 6.58 Å². The van der Waals surface area contributed by atoms with Crippen LogP contribution in [0.5, 0.6) is 5.75 Å². The summed E-state index contributed by atoms with van der Waals surface area (Å²) >= 11 is 0. The van der Waals surface area contributed by atoms with Crippen LogP contribution >= 0.6 is 0 Å².